The summed E-state index contributed by atoms with van der Waals surface area (Å²) in [7, 11) is 0. The van der Waals surface area contributed by atoms with Crippen LogP contribution in [0.2, 0.25) is 0 Å². The van der Waals surface area contributed by atoms with Crippen molar-refractivity contribution >= 4 is 11.7 Å². The van der Waals surface area contributed by atoms with Crippen LogP contribution in [0.5, 0.6) is 0 Å². The van der Waals surface area contributed by atoms with Gasteiger partial charge in [0.05, 0.1) is 31.2 Å². The molecule has 24 heavy (non-hydrogen) atoms. The third-order valence-corrected chi connectivity index (χ3v) is 3.94. The van der Waals surface area contributed by atoms with Gasteiger partial charge in [0.25, 0.3) is 0 Å². The Bertz CT molecular complexity index is 657. The van der Waals surface area contributed by atoms with Gasteiger partial charge in [-0.2, -0.15) is 0 Å². The molecule has 1 fully saturated rings. The average Bonchev–Trinajstić information content (AvgIpc) is 3.12. The molecular weight excluding hydrogens is 313 g/mol. The Morgan fingerprint density at radius 1 is 1.21 bits per heavy atom. The lowest BCUT2D eigenvalue weighted by Crippen LogP contribution is -2.44. The molecule has 2 amide bonds. The maximum atomic E-state index is 13.6. The second-order valence-electron chi connectivity index (χ2n) is 5.49. The van der Waals surface area contributed by atoms with Crippen molar-refractivity contribution in [2.24, 2.45) is 0 Å². The number of amides is 2. The van der Waals surface area contributed by atoms with E-state index in [0.717, 1.165) is 18.8 Å². The van der Waals surface area contributed by atoms with Crippen LogP contribution in [0.15, 0.2) is 47.1 Å². The topological polar surface area (TPSA) is 66.7 Å². The molecule has 1 saturated heterocycles. The fraction of sp³-hybridized carbons (Fsp3) is 0.353. The van der Waals surface area contributed by atoms with E-state index in [1.165, 1.54) is 12.1 Å². The van der Waals surface area contributed by atoms with E-state index in [1.54, 1.807) is 18.4 Å². The predicted molar refractivity (Wildman–Crippen MR) is 87.3 cm³/mol. The van der Waals surface area contributed by atoms with Crippen LogP contribution in [-0.2, 0) is 4.74 Å². The zero-order valence-electron chi connectivity index (χ0n) is 13.2. The van der Waals surface area contributed by atoms with Crippen LogP contribution in [0.1, 0.15) is 11.8 Å². The number of hydrogen-bond acceptors (Lipinski definition) is 4. The second-order valence-corrected chi connectivity index (χ2v) is 5.49. The normalized spacial score (nSPS) is 16.5. The minimum Gasteiger partial charge on any atom is -0.468 e. The van der Waals surface area contributed by atoms with Crippen LogP contribution >= 0.6 is 0 Å². The van der Waals surface area contributed by atoms with Crippen molar-refractivity contribution in [3.63, 3.8) is 0 Å². The van der Waals surface area contributed by atoms with Crippen molar-refractivity contribution in [1.29, 1.82) is 0 Å². The molecule has 1 aliphatic heterocycles. The molecular formula is C17H20FN3O3. The predicted octanol–water partition coefficient (Wildman–Crippen LogP) is 2.61. The lowest BCUT2D eigenvalue weighted by molar-refractivity contribution is 0.0124. The molecule has 1 aromatic heterocycles. The maximum absolute atomic E-state index is 13.6. The monoisotopic (exact) mass is 333 g/mol. The summed E-state index contributed by atoms with van der Waals surface area (Å²) in [5, 5.41) is 5.30. The van der Waals surface area contributed by atoms with Crippen LogP contribution < -0.4 is 10.6 Å². The fourth-order valence-corrected chi connectivity index (χ4v) is 2.70. The number of urea groups is 1. The zero-order chi connectivity index (χ0) is 16.8. The summed E-state index contributed by atoms with van der Waals surface area (Å²) in [5.74, 6) is 0.312. The highest BCUT2D eigenvalue weighted by atomic mass is 19.1. The van der Waals surface area contributed by atoms with Gasteiger partial charge in [0.2, 0.25) is 0 Å². The van der Waals surface area contributed by atoms with Gasteiger partial charge in [-0.25, -0.2) is 9.18 Å². The molecule has 0 bridgehead atoms. The van der Waals surface area contributed by atoms with Gasteiger partial charge >= 0.3 is 6.03 Å². The van der Waals surface area contributed by atoms with Crippen molar-refractivity contribution in [3.05, 3.63) is 54.2 Å². The van der Waals surface area contributed by atoms with Gasteiger partial charge in [-0.15, -0.1) is 0 Å². The summed E-state index contributed by atoms with van der Waals surface area (Å²) in [6.45, 7) is 3.19. The number of benzene rings is 1. The van der Waals surface area contributed by atoms with E-state index in [1.807, 2.05) is 12.1 Å². The highest BCUT2D eigenvalue weighted by Gasteiger charge is 2.25. The molecule has 0 aliphatic carbocycles. The number of carbonyl (C=O) groups excluding carboxylic acids is 1. The van der Waals surface area contributed by atoms with Gasteiger partial charge in [-0.1, -0.05) is 12.1 Å². The number of para-hydroxylation sites is 1. The molecule has 128 valence electrons. The van der Waals surface area contributed by atoms with Crippen LogP contribution in [0.4, 0.5) is 14.9 Å². The molecule has 1 atom stereocenters. The summed E-state index contributed by atoms with van der Waals surface area (Å²) in [6.07, 6.45) is 1.61. The van der Waals surface area contributed by atoms with Gasteiger partial charge in [0.1, 0.15) is 11.6 Å². The number of halogens is 1. The number of morpholine rings is 1. The van der Waals surface area contributed by atoms with E-state index >= 15 is 0 Å². The number of ether oxygens (including phenoxy) is 1. The average molecular weight is 333 g/mol. The maximum Gasteiger partial charge on any atom is 0.319 e. The van der Waals surface area contributed by atoms with Crippen LogP contribution in [-0.4, -0.2) is 43.8 Å². The largest absolute Gasteiger partial charge is 0.468 e. The number of carbonyl (C=O) groups is 1. The quantitative estimate of drug-likeness (QED) is 0.883. The van der Waals surface area contributed by atoms with E-state index < -0.39 is 11.8 Å². The Labute approximate surface area is 139 Å². The summed E-state index contributed by atoms with van der Waals surface area (Å²) >= 11 is 0. The molecule has 2 heterocycles. The first kappa shape index (κ1) is 16.5. The van der Waals surface area contributed by atoms with E-state index in [9.17, 15) is 9.18 Å². The van der Waals surface area contributed by atoms with Crippen LogP contribution in [0, 0.1) is 5.82 Å². The van der Waals surface area contributed by atoms with Crippen LogP contribution in [0.3, 0.4) is 0 Å². The molecule has 1 unspecified atom stereocenters. The van der Waals surface area contributed by atoms with Gasteiger partial charge in [0, 0.05) is 19.6 Å². The Morgan fingerprint density at radius 2 is 2.00 bits per heavy atom. The van der Waals surface area contributed by atoms with E-state index in [0.29, 0.717) is 19.8 Å². The number of furan rings is 1. The van der Waals surface area contributed by atoms with E-state index in [4.69, 9.17) is 9.15 Å². The SMILES string of the molecule is O=C(NCC(c1ccco1)N1CCOCC1)Nc1ccccc1F. The fourth-order valence-electron chi connectivity index (χ4n) is 2.70. The standard InChI is InChI=1S/C17H20FN3O3/c18-13-4-1-2-5-14(13)20-17(22)19-12-15(16-6-3-9-24-16)21-7-10-23-11-8-21/h1-6,9,15H,7-8,10-12H2,(H2,19,20,22). The number of anilines is 1. The number of hydrogen-bond donors (Lipinski definition) is 2. The van der Waals surface area contributed by atoms with Crippen molar-refractivity contribution < 1.29 is 18.3 Å². The van der Waals surface area contributed by atoms with Gasteiger partial charge < -0.3 is 19.8 Å². The Morgan fingerprint density at radius 3 is 2.71 bits per heavy atom. The molecule has 1 aliphatic rings. The molecule has 0 saturated carbocycles. The molecule has 3 rings (SSSR count). The minimum absolute atomic E-state index is 0.0877. The lowest BCUT2D eigenvalue weighted by atomic mass is 10.1. The minimum atomic E-state index is -0.469. The van der Waals surface area contributed by atoms with Gasteiger partial charge in [0.15, 0.2) is 0 Å². The molecule has 2 aromatic rings. The van der Waals surface area contributed by atoms with Gasteiger partial charge in [-0.3, -0.25) is 4.90 Å². The molecule has 7 heteroatoms. The smallest absolute Gasteiger partial charge is 0.319 e. The van der Waals surface area contributed by atoms with Gasteiger partial charge in [-0.05, 0) is 24.3 Å². The summed E-state index contributed by atoms with van der Waals surface area (Å²) in [4.78, 5) is 14.3. The molecule has 1 aromatic carbocycles. The summed E-state index contributed by atoms with van der Waals surface area (Å²) < 4.78 is 24.5. The molecule has 0 radical (unpaired) electrons. The Balaban J connectivity index is 1.61. The summed E-state index contributed by atoms with van der Waals surface area (Å²) in [5.41, 5.74) is 0.149. The van der Waals surface area contributed by atoms with Crippen molar-refractivity contribution in [2.45, 2.75) is 6.04 Å². The highest BCUT2D eigenvalue weighted by Crippen LogP contribution is 2.21. The number of nitrogens with one attached hydrogen (secondary N) is 2. The van der Waals surface area contributed by atoms with E-state index in [2.05, 4.69) is 15.5 Å². The van der Waals surface area contributed by atoms with Crippen molar-refractivity contribution in [3.8, 4) is 0 Å². The first-order chi connectivity index (χ1) is 11.7. The molecule has 6 nitrogen and oxygen atoms in total. The first-order valence-electron chi connectivity index (χ1n) is 7.88. The lowest BCUT2D eigenvalue weighted by Gasteiger charge is -2.33. The Hall–Kier alpha value is -2.38. The molecule has 2 N–H and O–H groups in total. The number of nitrogens with zero attached hydrogens (tertiary/aromatic N) is 1. The van der Waals surface area contributed by atoms with E-state index in [-0.39, 0.29) is 11.7 Å². The third kappa shape index (κ3) is 4.12. The number of rotatable bonds is 5. The molecule has 0 spiro atoms. The first-order valence-corrected chi connectivity index (χ1v) is 7.88. The second kappa shape index (κ2) is 7.94. The van der Waals surface area contributed by atoms with Crippen molar-refractivity contribution in [1.82, 2.24) is 10.2 Å². The highest BCUT2D eigenvalue weighted by molar-refractivity contribution is 5.89. The third-order valence-electron chi connectivity index (χ3n) is 3.94. The van der Waals surface area contributed by atoms with Crippen LogP contribution in [0.25, 0.3) is 0 Å². The summed E-state index contributed by atoms with van der Waals surface area (Å²) in [6, 6.07) is 9.22. The van der Waals surface area contributed by atoms with Crippen molar-refractivity contribution in [2.75, 3.05) is 38.2 Å². The Kier molecular flexibility index (Phi) is 5.45. The zero-order valence-corrected chi connectivity index (χ0v) is 13.2.